The highest BCUT2D eigenvalue weighted by Gasteiger charge is 2.80. The van der Waals surface area contributed by atoms with E-state index in [1.807, 2.05) is 36.4 Å². The molecule has 0 aliphatic heterocycles. The van der Waals surface area contributed by atoms with E-state index in [-0.39, 0.29) is 21.3 Å². The van der Waals surface area contributed by atoms with Crippen LogP contribution in [0.15, 0.2) is 158 Å². The third kappa shape index (κ3) is 7.07. The van der Waals surface area contributed by atoms with Gasteiger partial charge >= 0.3 is 17.8 Å². The van der Waals surface area contributed by atoms with Crippen molar-refractivity contribution in [2.45, 2.75) is 31.6 Å². The summed E-state index contributed by atoms with van der Waals surface area (Å²) >= 11 is 2.01. The first-order chi connectivity index (χ1) is 30.2. The first kappa shape index (κ1) is 41.7. The summed E-state index contributed by atoms with van der Waals surface area (Å²) < 4.78 is 97.4. The Bertz CT molecular complexity index is 2880. The zero-order valence-electron chi connectivity index (χ0n) is 33.6. The Kier molecular flexibility index (Phi) is 10.6. The first-order valence-corrected chi connectivity index (χ1v) is 21.5. The molecule has 0 radical (unpaired) electrons. The summed E-state index contributed by atoms with van der Waals surface area (Å²) in [6.07, 6.45) is 12.9. The number of rotatable bonds is 8. The van der Waals surface area contributed by atoms with Crippen LogP contribution in [0.3, 0.4) is 0 Å². The second kappa shape index (κ2) is 15.9. The number of carbonyl (C=O) groups is 2. The summed E-state index contributed by atoms with van der Waals surface area (Å²) in [6, 6.07) is 34.9. The van der Waals surface area contributed by atoms with Crippen molar-refractivity contribution in [2.24, 2.45) is 0 Å². The number of hydrogen-bond donors (Lipinski definition) is 0. The lowest BCUT2D eigenvalue weighted by atomic mass is 9.90. The zero-order chi connectivity index (χ0) is 44.3. The average molecular weight is 881 g/mol. The summed E-state index contributed by atoms with van der Waals surface area (Å²) in [4.78, 5) is 27.2. The van der Waals surface area contributed by atoms with Crippen LogP contribution in [0.1, 0.15) is 64.0 Å². The fourth-order valence-electron chi connectivity index (χ4n) is 8.26. The van der Waals surface area contributed by atoms with Gasteiger partial charge in [0.1, 0.15) is 0 Å². The molecular weight excluding hydrogens is 847 g/mol. The third-order valence-electron chi connectivity index (χ3n) is 11.4. The van der Waals surface area contributed by atoms with E-state index in [0.29, 0.717) is 54.3 Å². The molecule has 0 amide bonds. The second-order valence-electron chi connectivity index (χ2n) is 15.3. The van der Waals surface area contributed by atoms with Gasteiger partial charge in [-0.3, -0.25) is 9.59 Å². The largest absolute Gasteiger partial charge is 0.380 e. The van der Waals surface area contributed by atoms with Gasteiger partial charge in [-0.25, -0.2) is 0 Å². The number of carbonyl (C=O) groups excluding carboxylic acids is 2. The average Bonchev–Trinajstić information content (AvgIpc) is 3.87. The van der Waals surface area contributed by atoms with E-state index in [1.54, 1.807) is 109 Å². The molecule has 2 aromatic heterocycles. The lowest BCUT2D eigenvalue weighted by molar-refractivity contribution is -0.254. The molecule has 10 heteroatoms. The van der Waals surface area contributed by atoms with E-state index in [2.05, 4.69) is 0 Å². The summed E-state index contributed by atoms with van der Waals surface area (Å²) in [7, 11) is 0. The molecule has 0 atom stereocenters. The van der Waals surface area contributed by atoms with Crippen molar-refractivity contribution >= 4 is 79.8 Å². The number of fused-ring (bicyclic) bond motifs is 2. The normalized spacial score (nSPS) is 19.0. The minimum absolute atomic E-state index is 0.123. The van der Waals surface area contributed by atoms with E-state index in [0.717, 1.165) is 33.8 Å². The van der Waals surface area contributed by atoms with Gasteiger partial charge in [0.15, 0.2) is 11.6 Å². The molecule has 0 unspecified atom stereocenters. The summed E-state index contributed by atoms with van der Waals surface area (Å²) in [6.45, 7) is 2.89. The molecule has 0 bridgehead atoms. The molecule has 63 heavy (non-hydrogen) atoms. The predicted molar refractivity (Wildman–Crippen MR) is 244 cm³/mol. The van der Waals surface area contributed by atoms with Gasteiger partial charge < -0.3 is 0 Å². The SMILES string of the molecule is Cc1sc(/C(=C/C=C2\C(=O)C=Cc3ccccc32)c2ccccc2)cc1C1=C(c2cc(/C(=C/C=C3\C(=O)C=Cc4ccccc43)c3ccccc3)sc2C)C(F)(F)C(F)(F)C1(F)F. The summed E-state index contributed by atoms with van der Waals surface area (Å²) in [5, 5.41) is 0. The highest BCUT2D eigenvalue weighted by atomic mass is 32.1. The van der Waals surface area contributed by atoms with Gasteiger partial charge in [-0.05, 0) is 106 Å². The molecule has 4 aromatic carbocycles. The van der Waals surface area contributed by atoms with Crippen molar-refractivity contribution < 1.29 is 35.9 Å². The monoisotopic (exact) mass is 880 g/mol. The fraction of sp³-hybridized carbons (Fsp3) is 0.0943. The van der Waals surface area contributed by atoms with Gasteiger partial charge in [-0.15, -0.1) is 22.7 Å². The van der Waals surface area contributed by atoms with Crippen LogP contribution in [0.2, 0.25) is 0 Å². The van der Waals surface area contributed by atoms with E-state index in [9.17, 15) is 9.59 Å². The Balaban J connectivity index is 1.22. The summed E-state index contributed by atoms with van der Waals surface area (Å²) in [5.41, 5.74) is 2.27. The van der Waals surface area contributed by atoms with Gasteiger partial charge in [-0.2, -0.15) is 26.3 Å². The van der Waals surface area contributed by atoms with E-state index in [4.69, 9.17) is 0 Å². The second-order valence-corrected chi connectivity index (χ2v) is 17.8. The van der Waals surface area contributed by atoms with Crippen molar-refractivity contribution in [2.75, 3.05) is 0 Å². The van der Waals surface area contributed by atoms with Crippen molar-refractivity contribution in [3.8, 4) is 0 Å². The maximum atomic E-state index is 16.4. The van der Waals surface area contributed by atoms with Gasteiger partial charge in [0.05, 0.1) is 0 Å². The van der Waals surface area contributed by atoms with Crippen LogP contribution >= 0.6 is 22.7 Å². The summed E-state index contributed by atoms with van der Waals surface area (Å²) in [5.74, 6) is -16.8. The quantitative estimate of drug-likeness (QED) is 0.113. The molecule has 9 rings (SSSR count). The van der Waals surface area contributed by atoms with Crippen molar-refractivity contribution in [1.82, 2.24) is 0 Å². The highest BCUT2D eigenvalue weighted by molar-refractivity contribution is 7.13. The number of ketones is 2. The van der Waals surface area contributed by atoms with Crippen molar-refractivity contribution in [1.29, 1.82) is 0 Å². The number of allylic oxidation sites excluding steroid dienone is 10. The van der Waals surface area contributed by atoms with Crippen molar-refractivity contribution in [3.63, 3.8) is 0 Å². The first-order valence-electron chi connectivity index (χ1n) is 19.9. The molecule has 0 saturated heterocycles. The van der Waals surface area contributed by atoms with Crippen LogP contribution in [-0.2, 0) is 9.59 Å². The Morgan fingerprint density at radius 3 is 1.24 bits per heavy atom. The number of hydrogen-bond acceptors (Lipinski definition) is 4. The minimum atomic E-state index is -5.77. The van der Waals surface area contributed by atoms with E-state index in [1.165, 1.54) is 38.1 Å². The minimum Gasteiger partial charge on any atom is -0.289 e. The zero-order valence-corrected chi connectivity index (χ0v) is 35.2. The molecule has 0 spiro atoms. The molecule has 6 aromatic rings. The number of benzene rings is 4. The van der Waals surface area contributed by atoms with Gasteiger partial charge in [0.2, 0.25) is 0 Å². The maximum absolute atomic E-state index is 16.4. The predicted octanol–water partition coefficient (Wildman–Crippen LogP) is 14.5. The maximum Gasteiger partial charge on any atom is 0.380 e. The van der Waals surface area contributed by atoms with Gasteiger partial charge in [0.25, 0.3) is 0 Å². The highest BCUT2D eigenvalue weighted by Crippen LogP contribution is 2.66. The Morgan fingerprint density at radius 1 is 0.476 bits per heavy atom. The molecule has 312 valence electrons. The van der Waals surface area contributed by atoms with Crippen LogP contribution in [0, 0.1) is 13.8 Å². The topological polar surface area (TPSA) is 34.1 Å². The standard InChI is InChI=1S/C53H34F6O2S2/c1-31-43(29-47(62-31)39(33-13-5-3-6-14-33)23-25-41-37-19-11-9-17-35(37)21-27-45(41)60)49-50(52(56,57)53(58,59)51(49,54)55)44-30-48(63-32(44)2)40(34-15-7-4-8-16-34)24-26-42-38-20-12-10-18-36(38)22-28-46(42)61/h3-30H,1-2H3/b39-23+,40-24+,41-25-,42-26-. The van der Waals surface area contributed by atoms with E-state index >= 15 is 26.3 Å². The molecular formula is C53H34F6O2S2. The number of aryl methyl sites for hydroxylation is 2. The lowest BCUT2D eigenvalue weighted by Crippen LogP contribution is -2.48. The van der Waals surface area contributed by atoms with E-state index < -0.39 is 40.0 Å². The van der Waals surface area contributed by atoms with Crippen LogP contribution in [0.5, 0.6) is 0 Å². The molecule has 0 fully saturated rings. The Labute approximate surface area is 367 Å². The molecule has 3 aliphatic carbocycles. The van der Waals surface area contributed by atoms with Gasteiger partial charge in [-0.1, -0.05) is 133 Å². The number of thiophene rings is 2. The third-order valence-corrected chi connectivity index (χ3v) is 13.6. The molecule has 0 saturated carbocycles. The molecule has 0 N–H and O–H groups in total. The van der Waals surface area contributed by atoms with Crippen molar-refractivity contribution in [3.05, 3.63) is 222 Å². The fourth-order valence-corrected chi connectivity index (χ4v) is 10.4. The van der Waals surface area contributed by atoms with Crippen LogP contribution < -0.4 is 0 Å². The Hall–Kier alpha value is -6.62. The molecule has 2 nitrogen and oxygen atoms in total. The lowest BCUT2D eigenvalue weighted by Gasteiger charge is -2.25. The van der Waals surface area contributed by atoms with Crippen LogP contribution in [0.25, 0.3) is 45.6 Å². The molecule has 3 aliphatic rings. The van der Waals surface area contributed by atoms with Gasteiger partial charge in [0, 0.05) is 41.8 Å². The molecule has 2 heterocycles. The number of alkyl halides is 6. The number of halogens is 6. The Morgan fingerprint density at radius 2 is 0.841 bits per heavy atom. The van der Waals surface area contributed by atoms with Crippen LogP contribution in [-0.4, -0.2) is 29.3 Å². The smallest absolute Gasteiger partial charge is 0.289 e. The van der Waals surface area contributed by atoms with Crippen LogP contribution in [0.4, 0.5) is 26.3 Å².